The lowest BCUT2D eigenvalue weighted by Gasteiger charge is -2.34. The number of nitrogens with zero attached hydrogens (tertiary/aromatic N) is 1. The van der Waals surface area contributed by atoms with Crippen molar-refractivity contribution in [2.45, 2.75) is 18.3 Å². The molecule has 88 valence electrons. The fraction of sp³-hybridized carbons (Fsp3) is 0.273. The number of Topliss-reactive ketones (excluding diaryl/α,β-unsaturated/α-hetero) is 1. The van der Waals surface area contributed by atoms with Crippen LogP contribution in [0.2, 0.25) is 0 Å². The molecule has 1 fully saturated rings. The van der Waals surface area contributed by atoms with E-state index in [2.05, 4.69) is 0 Å². The second-order valence-electron chi connectivity index (χ2n) is 3.93. The van der Waals surface area contributed by atoms with E-state index in [0.717, 1.165) is 0 Å². The summed E-state index contributed by atoms with van der Waals surface area (Å²) in [5.41, 5.74) is -2.17. The van der Waals surface area contributed by atoms with Crippen LogP contribution in [0, 0.1) is 34.6 Å². The van der Waals surface area contributed by atoms with Crippen LogP contribution in [-0.4, -0.2) is 5.78 Å². The van der Waals surface area contributed by atoms with Crippen molar-refractivity contribution in [1.82, 2.24) is 0 Å². The van der Waals surface area contributed by atoms with E-state index in [9.17, 15) is 22.4 Å². The Bertz CT molecular complexity index is 554. The normalized spacial score (nSPS) is 17.5. The van der Waals surface area contributed by atoms with Crippen molar-refractivity contribution in [2.24, 2.45) is 0 Å². The molecule has 6 heteroatoms. The molecular weight excluding hydrogens is 238 g/mol. The van der Waals surface area contributed by atoms with Crippen molar-refractivity contribution < 1.29 is 22.4 Å². The number of benzene rings is 1. The van der Waals surface area contributed by atoms with Crippen molar-refractivity contribution in [3.05, 3.63) is 34.9 Å². The Morgan fingerprint density at radius 3 is 2.18 bits per heavy atom. The average molecular weight is 243 g/mol. The molecule has 17 heavy (non-hydrogen) atoms. The Morgan fingerprint density at radius 2 is 1.71 bits per heavy atom. The van der Waals surface area contributed by atoms with E-state index in [0.29, 0.717) is 6.07 Å². The van der Waals surface area contributed by atoms with Crippen LogP contribution in [-0.2, 0) is 10.2 Å². The summed E-state index contributed by atoms with van der Waals surface area (Å²) < 4.78 is 52.1. The molecule has 0 aliphatic heterocycles. The lowest BCUT2D eigenvalue weighted by Crippen LogP contribution is -2.41. The van der Waals surface area contributed by atoms with Gasteiger partial charge in [0.25, 0.3) is 0 Å². The number of rotatable bonds is 1. The molecule has 0 atom stereocenters. The van der Waals surface area contributed by atoms with E-state index in [1.54, 1.807) is 6.07 Å². The first-order chi connectivity index (χ1) is 7.91. The monoisotopic (exact) mass is 243 g/mol. The minimum absolute atomic E-state index is 0.309. The first-order valence-electron chi connectivity index (χ1n) is 4.68. The molecule has 0 radical (unpaired) electrons. The summed E-state index contributed by atoms with van der Waals surface area (Å²) in [4.78, 5) is 10.9. The van der Waals surface area contributed by atoms with Crippen LogP contribution in [0.5, 0.6) is 0 Å². The van der Waals surface area contributed by atoms with Crippen LogP contribution in [0.4, 0.5) is 17.6 Å². The zero-order chi connectivity index (χ0) is 12.8. The molecule has 2 nitrogen and oxygen atoms in total. The Hall–Kier alpha value is -1.90. The molecular formula is C11H5F4NO. The van der Waals surface area contributed by atoms with Gasteiger partial charge in [0.15, 0.2) is 23.3 Å². The molecule has 0 bridgehead atoms. The van der Waals surface area contributed by atoms with Crippen LogP contribution in [0.15, 0.2) is 6.07 Å². The Balaban J connectivity index is 2.61. The van der Waals surface area contributed by atoms with Crippen molar-refractivity contribution in [3.8, 4) is 6.07 Å². The second kappa shape index (κ2) is 3.55. The summed E-state index contributed by atoms with van der Waals surface area (Å²) in [6.07, 6.45) is -0.629. The SMILES string of the molecule is N#CC1(c2cc(F)c(F)c(F)c2F)CC(=O)C1. The highest BCUT2D eigenvalue weighted by Crippen LogP contribution is 2.42. The van der Waals surface area contributed by atoms with E-state index in [1.807, 2.05) is 0 Å². The van der Waals surface area contributed by atoms with Gasteiger partial charge in [0.05, 0.1) is 11.5 Å². The van der Waals surface area contributed by atoms with Gasteiger partial charge in [-0.2, -0.15) is 5.26 Å². The molecule has 0 N–H and O–H groups in total. The zero-order valence-corrected chi connectivity index (χ0v) is 8.36. The number of halogens is 4. The van der Waals surface area contributed by atoms with Crippen LogP contribution >= 0.6 is 0 Å². The third-order valence-corrected chi connectivity index (χ3v) is 2.83. The maximum atomic E-state index is 13.4. The van der Waals surface area contributed by atoms with Gasteiger partial charge in [0.2, 0.25) is 0 Å². The number of ketones is 1. The van der Waals surface area contributed by atoms with Gasteiger partial charge in [-0.25, -0.2) is 17.6 Å². The van der Waals surface area contributed by atoms with E-state index in [-0.39, 0.29) is 18.6 Å². The van der Waals surface area contributed by atoms with E-state index in [1.165, 1.54) is 0 Å². The van der Waals surface area contributed by atoms with Gasteiger partial charge in [-0.3, -0.25) is 4.79 Å². The number of hydrogen-bond donors (Lipinski definition) is 0. The molecule has 1 aromatic carbocycles. The highest BCUT2D eigenvalue weighted by molar-refractivity contribution is 5.90. The van der Waals surface area contributed by atoms with Gasteiger partial charge >= 0.3 is 0 Å². The van der Waals surface area contributed by atoms with Gasteiger partial charge in [0.1, 0.15) is 5.78 Å². The van der Waals surface area contributed by atoms with Gasteiger partial charge in [-0.05, 0) is 6.07 Å². The molecule has 1 aromatic rings. The van der Waals surface area contributed by atoms with Crippen molar-refractivity contribution in [1.29, 1.82) is 5.26 Å². The molecule has 0 aromatic heterocycles. The van der Waals surface area contributed by atoms with Gasteiger partial charge in [0, 0.05) is 18.4 Å². The molecule has 1 saturated carbocycles. The fourth-order valence-electron chi connectivity index (χ4n) is 1.87. The minimum Gasteiger partial charge on any atom is -0.300 e. The number of nitriles is 1. The van der Waals surface area contributed by atoms with Gasteiger partial charge in [-0.1, -0.05) is 0 Å². The first kappa shape index (κ1) is 11.6. The Morgan fingerprint density at radius 1 is 1.12 bits per heavy atom. The molecule has 1 aliphatic rings. The maximum Gasteiger partial charge on any atom is 0.197 e. The summed E-state index contributed by atoms with van der Waals surface area (Å²) >= 11 is 0. The topological polar surface area (TPSA) is 40.9 Å². The molecule has 0 spiro atoms. The molecule has 0 amide bonds. The summed E-state index contributed by atoms with van der Waals surface area (Å²) in [6.45, 7) is 0. The standard InChI is InChI=1S/C11H5F4NO/c12-7-1-6(8(13)10(15)9(7)14)11(4-16)2-5(17)3-11/h1H,2-3H2. The highest BCUT2D eigenvalue weighted by atomic mass is 19.2. The molecule has 0 unspecified atom stereocenters. The van der Waals surface area contributed by atoms with Crippen molar-refractivity contribution >= 4 is 5.78 Å². The lowest BCUT2D eigenvalue weighted by molar-refractivity contribution is -0.126. The minimum atomic E-state index is -1.96. The summed E-state index contributed by atoms with van der Waals surface area (Å²) in [6, 6.07) is 2.09. The zero-order valence-electron chi connectivity index (χ0n) is 8.36. The van der Waals surface area contributed by atoms with Crippen LogP contribution in [0.1, 0.15) is 18.4 Å². The Kier molecular flexibility index (Phi) is 2.42. The van der Waals surface area contributed by atoms with Crippen LogP contribution in [0.3, 0.4) is 0 Å². The second-order valence-corrected chi connectivity index (χ2v) is 3.93. The van der Waals surface area contributed by atoms with Gasteiger partial charge < -0.3 is 0 Å². The number of hydrogen-bond acceptors (Lipinski definition) is 2. The summed E-state index contributed by atoms with van der Waals surface area (Å²) in [7, 11) is 0. The molecule has 0 saturated heterocycles. The first-order valence-corrected chi connectivity index (χ1v) is 4.68. The van der Waals surface area contributed by atoms with Gasteiger partial charge in [-0.15, -0.1) is 0 Å². The van der Waals surface area contributed by atoms with E-state index < -0.39 is 34.2 Å². The predicted molar refractivity (Wildman–Crippen MR) is 47.8 cm³/mol. The third-order valence-electron chi connectivity index (χ3n) is 2.83. The smallest absolute Gasteiger partial charge is 0.197 e. The maximum absolute atomic E-state index is 13.4. The number of carbonyl (C=O) groups is 1. The highest BCUT2D eigenvalue weighted by Gasteiger charge is 2.48. The van der Waals surface area contributed by atoms with E-state index in [4.69, 9.17) is 5.26 Å². The van der Waals surface area contributed by atoms with E-state index >= 15 is 0 Å². The summed E-state index contributed by atoms with van der Waals surface area (Å²) in [5.74, 6) is -7.39. The quantitative estimate of drug-likeness (QED) is 0.431. The third kappa shape index (κ3) is 1.50. The average Bonchev–Trinajstić information content (AvgIpc) is 2.27. The lowest BCUT2D eigenvalue weighted by atomic mass is 9.64. The largest absolute Gasteiger partial charge is 0.300 e. The van der Waals surface area contributed by atoms with Crippen molar-refractivity contribution in [3.63, 3.8) is 0 Å². The number of carbonyl (C=O) groups excluding carboxylic acids is 1. The van der Waals surface area contributed by atoms with Crippen molar-refractivity contribution in [2.75, 3.05) is 0 Å². The summed E-state index contributed by atoms with van der Waals surface area (Å²) in [5, 5.41) is 8.88. The molecule has 1 aliphatic carbocycles. The van der Waals surface area contributed by atoms with Crippen LogP contribution < -0.4 is 0 Å². The molecule has 0 heterocycles. The van der Waals surface area contributed by atoms with Crippen LogP contribution in [0.25, 0.3) is 0 Å². The fourth-order valence-corrected chi connectivity index (χ4v) is 1.87. The Labute approximate surface area is 93.5 Å². The molecule has 2 rings (SSSR count). The predicted octanol–water partition coefficient (Wildman–Crippen LogP) is 2.37.